The lowest BCUT2D eigenvalue weighted by Crippen LogP contribution is -2.29. The highest BCUT2D eigenvalue weighted by Gasteiger charge is 2.21. The molecule has 1 atom stereocenters. The maximum atomic E-state index is 12.9. The molecular weight excluding hydrogens is 464 g/mol. The molecule has 3 rings (SSSR count). The fraction of sp³-hybridized carbons (Fsp3) is 0.250. The van der Waals surface area contributed by atoms with Crippen molar-refractivity contribution in [3.05, 3.63) is 89.2 Å². The summed E-state index contributed by atoms with van der Waals surface area (Å²) in [5.74, 6) is 0.132. The molecule has 33 heavy (non-hydrogen) atoms. The normalized spacial score (nSPS) is 12.2. The van der Waals surface area contributed by atoms with E-state index in [2.05, 4.69) is 9.71 Å². The first-order valence-electron chi connectivity index (χ1n) is 10.4. The topological polar surface area (TPSA) is 94.6 Å². The van der Waals surface area contributed by atoms with Gasteiger partial charge in [0.1, 0.15) is 5.75 Å². The summed E-state index contributed by atoms with van der Waals surface area (Å²) in [4.78, 5) is 15.7. The van der Waals surface area contributed by atoms with Crippen molar-refractivity contribution < 1.29 is 22.7 Å². The molecule has 0 saturated carbocycles. The molecule has 7 nitrogen and oxygen atoms in total. The molecule has 0 bridgehead atoms. The second-order valence-corrected chi connectivity index (χ2v) is 9.34. The largest absolute Gasteiger partial charge is 0.482 e. The number of hydrogen-bond acceptors (Lipinski definition) is 6. The van der Waals surface area contributed by atoms with Crippen molar-refractivity contribution in [1.29, 1.82) is 0 Å². The lowest BCUT2D eigenvalue weighted by molar-refractivity contribution is -0.145. The lowest BCUT2D eigenvalue weighted by Gasteiger charge is -2.19. The zero-order valence-corrected chi connectivity index (χ0v) is 19.7. The van der Waals surface area contributed by atoms with E-state index in [0.717, 1.165) is 11.1 Å². The van der Waals surface area contributed by atoms with E-state index in [1.54, 1.807) is 49.6 Å². The van der Waals surface area contributed by atoms with Crippen molar-refractivity contribution >= 4 is 27.6 Å². The zero-order chi connectivity index (χ0) is 23.7. The Labute approximate surface area is 198 Å². The summed E-state index contributed by atoms with van der Waals surface area (Å²) in [6.45, 7) is 1.89. The molecule has 1 N–H and O–H groups in total. The van der Waals surface area contributed by atoms with Crippen molar-refractivity contribution in [1.82, 2.24) is 9.71 Å². The number of pyridine rings is 1. The fourth-order valence-electron chi connectivity index (χ4n) is 3.15. The Bertz CT molecular complexity index is 1140. The first-order chi connectivity index (χ1) is 15.9. The van der Waals surface area contributed by atoms with E-state index >= 15 is 0 Å². The average molecular weight is 489 g/mol. The third-order valence-electron chi connectivity index (χ3n) is 4.82. The Kier molecular flexibility index (Phi) is 8.82. The van der Waals surface area contributed by atoms with Crippen molar-refractivity contribution in [3.63, 3.8) is 0 Å². The number of rotatable bonds is 11. The predicted molar refractivity (Wildman–Crippen MR) is 126 cm³/mol. The number of benzene rings is 2. The molecule has 0 spiro atoms. The number of aromatic nitrogens is 1. The fourth-order valence-corrected chi connectivity index (χ4v) is 4.54. The number of sulfonamides is 1. The van der Waals surface area contributed by atoms with E-state index in [1.807, 2.05) is 18.2 Å². The van der Waals surface area contributed by atoms with E-state index in [-0.39, 0.29) is 11.5 Å². The van der Waals surface area contributed by atoms with Gasteiger partial charge in [-0.2, -0.15) is 0 Å². The van der Waals surface area contributed by atoms with Gasteiger partial charge in [-0.3, -0.25) is 4.98 Å². The zero-order valence-electron chi connectivity index (χ0n) is 18.1. The summed E-state index contributed by atoms with van der Waals surface area (Å²) in [5.41, 5.74) is 1.77. The van der Waals surface area contributed by atoms with Gasteiger partial charge >= 0.3 is 5.97 Å². The average Bonchev–Trinajstić information content (AvgIpc) is 2.82. The summed E-state index contributed by atoms with van der Waals surface area (Å²) in [6, 6.07) is 16.5. The number of carbonyl (C=O) groups is 1. The Morgan fingerprint density at radius 1 is 1.09 bits per heavy atom. The first kappa shape index (κ1) is 24.7. The summed E-state index contributed by atoms with van der Waals surface area (Å²) >= 11 is 5.89. The number of halogens is 1. The van der Waals surface area contributed by atoms with Gasteiger partial charge in [-0.05, 0) is 73.4 Å². The molecule has 3 aromatic rings. The molecule has 9 heteroatoms. The van der Waals surface area contributed by atoms with Gasteiger partial charge in [-0.1, -0.05) is 29.8 Å². The highest BCUT2D eigenvalue weighted by atomic mass is 35.5. The Morgan fingerprint density at radius 3 is 2.45 bits per heavy atom. The van der Waals surface area contributed by atoms with E-state index in [4.69, 9.17) is 21.1 Å². The lowest BCUT2D eigenvalue weighted by atomic mass is 10.0. The number of nitrogens with one attached hydrogen (secondary N) is 1. The predicted octanol–water partition coefficient (Wildman–Crippen LogP) is 4.33. The van der Waals surface area contributed by atoms with Crippen LogP contribution in [0.4, 0.5) is 0 Å². The van der Waals surface area contributed by atoms with E-state index in [1.165, 1.54) is 12.1 Å². The third-order valence-corrected chi connectivity index (χ3v) is 6.55. The monoisotopic (exact) mass is 488 g/mol. The number of aryl methyl sites for hydroxylation is 1. The van der Waals surface area contributed by atoms with Crippen molar-refractivity contribution in [2.45, 2.75) is 30.7 Å². The van der Waals surface area contributed by atoms with Gasteiger partial charge in [0.15, 0.2) is 6.61 Å². The van der Waals surface area contributed by atoms with Gasteiger partial charge in [0.05, 0.1) is 11.5 Å². The van der Waals surface area contributed by atoms with Crippen LogP contribution in [-0.4, -0.2) is 32.6 Å². The van der Waals surface area contributed by atoms with Crippen LogP contribution in [-0.2, 0) is 26.0 Å². The maximum Gasteiger partial charge on any atom is 0.344 e. The quantitative estimate of drug-likeness (QED) is 0.404. The van der Waals surface area contributed by atoms with Crippen LogP contribution in [0.3, 0.4) is 0 Å². The van der Waals surface area contributed by atoms with Gasteiger partial charge in [-0.25, -0.2) is 17.9 Å². The van der Waals surface area contributed by atoms with Crippen LogP contribution in [0.1, 0.15) is 30.5 Å². The van der Waals surface area contributed by atoms with E-state index in [9.17, 15) is 13.2 Å². The minimum atomic E-state index is -3.76. The molecule has 0 fully saturated rings. The van der Waals surface area contributed by atoms with Crippen LogP contribution in [0.25, 0.3) is 0 Å². The molecular formula is C24H25ClN2O5S. The molecule has 1 aromatic heterocycles. The molecule has 0 aliphatic heterocycles. The van der Waals surface area contributed by atoms with Crippen molar-refractivity contribution in [2.24, 2.45) is 0 Å². The minimum absolute atomic E-state index is 0.142. The molecule has 0 radical (unpaired) electrons. The van der Waals surface area contributed by atoms with Crippen molar-refractivity contribution in [3.8, 4) is 5.75 Å². The molecule has 1 heterocycles. The van der Waals surface area contributed by atoms with Crippen LogP contribution in [0.2, 0.25) is 5.02 Å². The molecule has 1 unspecified atom stereocenters. The van der Waals surface area contributed by atoms with Crippen LogP contribution in [0.5, 0.6) is 5.75 Å². The molecule has 0 saturated heterocycles. The third kappa shape index (κ3) is 7.56. The van der Waals surface area contributed by atoms with Gasteiger partial charge in [-0.15, -0.1) is 0 Å². The Morgan fingerprint density at radius 2 is 1.82 bits per heavy atom. The number of hydrogen-bond donors (Lipinski definition) is 1. The number of carbonyl (C=O) groups excluding carboxylic acids is 1. The summed E-state index contributed by atoms with van der Waals surface area (Å²) in [5, 5.41) is 0.465. The minimum Gasteiger partial charge on any atom is -0.482 e. The first-order valence-corrected chi connectivity index (χ1v) is 12.3. The van der Waals surface area contributed by atoms with E-state index < -0.39 is 22.0 Å². The number of esters is 1. The van der Waals surface area contributed by atoms with Gasteiger partial charge in [0.2, 0.25) is 10.0 Å². The van der Waals surface area contributed by atoms with Crippen LogP contribution in [0.15, 0.2) is 78.0 Å². The van der Waals surface area contributed by atoms with Crippen molar-refractivity contribution in [2.75, 3.05) is 13.2 Å². The number of nitrogens with zero attached hydrogens (tertiary/aromatic N) is 1. The van der Waals surface area contributed by atoms with Gasteiger partial charge in [0, 0.05) is 23.5 Å². The summed E-state index contributed by atoms with van der Waals surface area (Å²) in [7, 11) is -3.76. The smallest absolute Gasteiger partial charge is 0.344 e. The molecule has 0 aliphatic rings. The highest BCUT2D eigenvalue weighted by Crippen LogP contribution is 2.23. The second kappa shape index (κ2) is 11.8. The Balaban J connectivity index is 1.67. The summed E-state index contributed by atoms with van der Waals surface area (Å²) in [6.07, 6.45) is 4.42. The SMILES string of the molecule is CCOC(=O)COc1ccc(CCC(NS(=O)(=O)c2ccc(Cl)cc2)c2cccnc2)cc1. The molecule has 0 amide bonds. The van der Waals surface area contributed by atoms with Gasteiger partial charge < -0.3 is 9.47 Å². The molecule has 0 aliphatic carbocycles. The van der Waals surface area contributed by atoms with Crippen LogP contribution >= 0.6 is 11.6 Å². The summed E-state index contributed by atoms with van der Waals surface area (Å²) < 4.78 is 38.9. The standard InChI is InChI=1S/C24H25ClN2O5S/c1-2-31-24(28)17-32-21-10-5-18(6-11-21)7-14-23(19-4-3-15-26-16-19)27-33(29,30)22-12-8-20(25)9-13-22/h3-6,8-13,15-16,23,27H,2,7,14,17H2,1H3. The molecule has 174 valence electrons. The van der Waals surface area contributed by atoms with Crippen LogP contribution < -0.4 is 9.46 Å². The van der Waals surface area contributed by atoms with E-state index in [0.29, 0.717) is 30.2 Å². The van der Waals surface area contributed by atoms with Crippen LogP contribution in [0, 0.1) is 0 Å². The second-order valence-electron chi connectivity index (χ2n) is 7.19. The van der Waals surface area contributed by atoms with Gasteiger partial charge in [0.25, 0.3) is 0 Å². The molecule has 2 aromatic carbocycles. The highest BCUT2D eigenvalue weighted by molar-refractivity contribution is 7.89. The maximum absolute atomic E-state index is 12.9. The number of ether oxygens (including phenoxy) is 2. The Hall–Kier alpha value is -2.94.